The molecule has 2 aromatic carbocycles. The molecular weight excluding hydrogens is 306 g/mol. The molecule has 4 heteroatoms. The Hall–Kier alpha value is -1.49. The molecule has 4 rings (SSSR count). The van der Waals surface area contributed by atoms with Crippen LogP contribution in [0.15, 0.2) is 63.9 Å². The molecule has 0 aromatic heterocycles. The van der Waals surface area contributed by atoms with Gasteiger partial charge in [-0.3, -0.25) is 0 Å². The predicted molar refractivity (Wildman–Crippen MR) is 92.4 cm³/mol. The molecule has 23 heavy (non-hydrogen) atoms. The van der Waals surface area contributed by atoms with Crippen LogP contribution in [0.4, 0.5) is 5.69 Å². The average Bonchev–Trinajstić information content (AvgIpc) is 2.56. The first-order chi connectivity index (χ1) is 11.1. The highest BCUT2D eigenvalue weighted by Gasteiger charge is 2.65. The molecule has 3 nitrogen and oxygen atoms in total. The van der Waals surface area contributed by atoms with Crippen LogP contribution in [-0.2, 0) is 10.1 Å². The van der Waals surface area contributed by atoms with Crippen molar-refractivity contribution in [1.29, 1.82) is 0 Å². The van der Waals surface area contributed by atoms with Gasteiger partial charge in [0.1, 0.15) is 21.4 Å². The molecular formula is C19H21NO2S. The Kier molecular flexibility index (Phi) is 3.45. The SMILES string of the molecule is CC[C@@H](O)[C@]12CC[C@H]1c1ccccc1N=[S+]2([O-])c1ccccc1. The van der Waals surface area contributed by atoms with Crippen LogP contribution in [0.1, 0.15) is 37.7 Å². The van der Waals surface area contributed by atoms with E-state index >= 15 is 0 Å². The summed E-state index contributed by atoms with van der Waals surface area (Å²) < 4.78 is 18.2. The van der Waals surface area contributed by atoms with Gasteiger partial charge in [-0.25, -0.2) is 0 Å². The van der Waals surface area contributed by atoms with E-state index in [9.17, 15) is 9.66 Å². The van der Waals surface area contributed by atoms with E-state index < -0.39 is 21.0 Å². The molecule has 0 amide bonds. The van der Waals surface area contributed by atoms with E-state index in [4.69, 9.17) is 4.36 Å². The quantitative estimate of drug-likeness (QED) is 0.857. The van der Waals surface area contributed by atoms with Crippen LogP contribution in [-0.4, -0.2) is 20.5 Å². The van der Waals surface area contributed by atoms with Gasteiger partial charge in [0, 0.05) is 12.3 Å². The summed E-state index contributed by atoms with van der Waals surface area (Å²) in [4.78, 5) is 0.742. The summed E-state index contributed by atoms with van der Waals surface area (Å²) in [5, 5.41) is 10.8. The highest BCUT2D eigenvalue weighted by molar-refractivity contribution is 8.01. The minimum absolute atomic E-state index is 0.124. The Morgan fingerprint density at radius 3 is 2.57 bits per heavy atom. The second-order valence-corrected chi connectivity index (χ2v) is 8.92. The molecule has 0 saturated heterocycles. The summed E-state index contributed by atoms with van der Waals surface area (Å²) in [6.45, 7) is 1.96. The smallest absolute Gasteiger partial charge is 0.149 e. The lowest BCUT2D eigenvalue weighted by atomic mass is 9.65. The van der Waals surface area contributed by atoms with Crippen molar-refractivity contribution in [2.24, 2.45) is 4.36 Å². The van der Waals surface area contributed by atoms with E-state index in [2.05, 4.69) is 6.07 Å². The molecule has 0 bridgehead atoms. The molecule has 1 aliphatic carbocycles. The van der Waals surface area contributed by atoms with Crippen LogP contribution < -0.4 is 0 Å². The second-order valence-electron chi connectivity index (χ2n) is 6.46. The fourth-order valence-corrected chi connectivity index (χ4v) is 7.46. The fourth-order valence-electron chi connectivity index (χ4n) is 4.22. The number of aliphatic hydroxyl groups is 1. The van der Waals surface area contributed by atoms with Crippen molar-refractivity contribution in [3.63, 3.8) is 0 Å². The summed E-state index contributed by atoms with van der Waals surface area (Å²) in [6, 6.07) is 17.5. The summed E-state index contributed by atoms with van der Waals surface area (Å²) in [6.07, 6.45) is 1.72. The van der Waals surface area contributed by atoms with E-state index in [0.29, 0.717) is 6.42 Å². The van der Waals surface area contributed by atoms with E-state index in [-0.39, 0.29) is 5.92 Å². The van der Waals surface area contributed by atoms with Gasteiger partial charge in [-0.05, 0) is 46.7 Å². The fraction of sp³-hybridized carbons (Fsp3) is 0.368. The lowest BCUT2D eigenvalue weighted by molar-refractivity contribution is 0.0585. The maximum absolute atomic E-state index is 14.2. The van der Waals surface area contributed by atoms with Gasteiger partial charge in [-0.1, -0.05) is 43.3 Å². The zero-order valence-electron chi connectivity index (χ0n) is 13.2. The Morgan fingerprint density at radius 1 is 1.22 bits per heavy atom. The van der Waals surface area contributed by atoms with Crippen LogP contribution in [0.5, 0.6) is 0 Å². The molecule has 1 saturated carbocycles. The lowest BCUT2D eigenvalue weighted by Gasteiger charge is -2.57. The zero-order valence-corrected chi connectivity index (χ0v) is 14.0. The Balaban J connectivity index is 2.03. The second kappa shape index (κ2) is 5.26. The van der Waals surface area contributed by atoms with E-state index in [1.807, 2.05) is 55.5 Å². The van der Waals surface area contributed by atoms with Gasteiger partial charge in [0.15, 0.2) is 0 Å². The minimum atomic E-state index is -2.72. The molecule has 2 aliphatic rings. The average molecular weight is 327 g/mol. The van der Waals surface area contributed by atoms with Crippen LogP contribution in [0.3, 0.4) is 0 Å². The number of hydrogen-bond acceptors (Lipinski definition) is 3. The van der Waals surface area contributed by atoms with Crippen LogP contribution >= 0.6 is 0 Å². The third kappa shape index (κ3) is 1.86. The van der Waals surface area contributed by atoms with Crippen LogP contribution in [0.2, 0.25) is 0 Å². The monoisotopic (exact) mass is 327 g/mol. The predicted octanol–water partition coefficient (Wildman–Crippen LogP) is 4.25. The molecule has 120 valence electrons. The van der Waals surface area contributed by atoms with Gasteiger partial charge < -0.3 is 9.66 Å². The summed E-state index contributed by atoms with van der Waals surface area (Å²) in [7, 11) is -2.72. The third-order valence-corrected chi connectivity index (χ3v) is 8.64. The van der Waals surface area contributed by atoms with Crippen molar-refractivity contribution in [2.75, 3.05) is 0 Å². The summed E-state index contributed by atoms with van der Waals surface area (Å²) in [5.74, 6) is 0.124. The molecule has 1 N–H and O–H groups in total. The first-order valence-corrected chi connectivity index (χ1v) is 9.74. The molecule has 0 radical (unpaired) electrons. The molecule has 1 fully saturated rings. The van der Waals surface area contributed by atoms with Crippen molar-refractivity contribution in [3.8, 4) is 0 Å². The van der Waals surface area contributed by atoms with Gasteiger partial charge >= 0.3 is 0 Å². The first-order valence-electron chi connectivity index (χ1n) is 8.22. The number of aliphatic hydroxyl groups excluding tert-OH is 1. The standard InChI is InChI=1S/C19H21NO2S/c1-2-18(21)19-13-12-16(19)15-10-6-7-11-17(15)20-23(19,22)14-8-4-3-5-9-14/h3-11,16,18,21H,2,12-13H2,1H3/t16-,18+,19-,23?/m0/s1. The van der Waals surface area contributed by atoms with Crippen molar-refractivity contribution in [2.45, 2.75) is 47.9 Å². The normalized spacial score (nSPS) is 32.9. The van der Waals surface area contributed by atoms with Crippen molar-refractivity contribution < 1.29 is 9.66 Å². The summed E-state index contributed by atoms with van der Waals surface area (Å²) in [5.41, 5.74) is 1.96. The van der Waals surface area contributed by atoms with Gasteiger partial charge in [0.05, 0.1) is 0 Å². The van der Waals surface area contributed by atoms with Crippen molar-refractivity contribution in [3.05, 3.63) is 60.2 Å². The van der Waals surface area contributed by atoms with E-state index in [0.717, 1.165) is 29.0 Å². The van der Waals surface area contributed by atoms with Gasteiger partial charge in [-0.2, -0.15) is 0 Å². The minimum Gasteiger partial charge on any atom is -0.626 e. The number of fused-ring (bicyclic) bond motifs is 3. The Bertz CT molecular complexity index is 789. The zero-order chi connectivity index (χ0) is 16.1. The number of rotatable bonds is 3. The molecule has 4 atom stereocenters. The number of nitrogens with zero attached hydrogens (tertiary/aromatic N) is 1. The molecule has 0 spiro atoms. The molecule has 1 unspecified atom stereocenters. The van der Waals surface area contributed by atoms with Gasteiger partial charge in [0.2, 0.25) is 0 Å². The number of benzene rings is 2. The Labute approximate surface area is 138 Å². The van der Waals surface area contributed by atoms with Crippen molar-refractivity contribution in [1.82, 2.24) is 0 Å². The van der Waals surface area contributed by atoms with Gasteiger partial charge in [0.25, 0.3) is 0 Å². The Morgan fingerprint density at radius 2 is 1.91 bits per heavy atom. The van der Waals surface area contributed by atoms with E-state index in [1.54, 1.807) is 0 Å². The maximum atomic E-state index is 14.2. The molecule has 1 heterocycles. The largest absolute Gasteiger partial charge is 0.626 e. The molecule has 1 aliphatic heterocycles. The third-order valence-electron chi connectivity index (χ3n) is 5.48. The summed E-state index contributed by atoms with van der Waals surface area (Å²) >= 11 is 0. The highest BCUT2D eigenvalue weighted by Crippen LogP contribution is 2.63. The van der Waals surface area contributed by atoms with E-state index in [1.165, 1.54) is 0 Å². The lowest BCUT2D eigenvalue weighted by Crippen LogP contribution is -2.63. The first kappa shape index (κ1) is 15.1. The van der Waals surface area contributed by atoms with Gasteiger partial charge in [-0.15, -0.1) is 4.36 Å². The highest BCUT2D eigenvalue weighted by atomic mass is 32.3. The van der Waals surface area contributed by atoms with Crippen LogP contribution in [0, 0.1) is 0 Å². The topological polar surface area (TPSA) is 55.7 Å². The van der Waals surface area contributed by atoms with Crippen molar-refractivity contribution >= 4 is 15.8 Å². The molecule has 2 aromatic rings. The maximum Gasteiger partial charge on any atom is 0.149 e. The number of hydrogen-bond donors (Lipinski definition) is 1. The van der Waals surface area contributed by atoms with Crippen LogP contribution in [0.25, 0.3) is 0 Å².